The largest absolute Gasteiger partial charge is 0.481 e. The first-order valence-electron chi connectivity index (χ1n) is 12.4. The number of carbonyl (C=O) groups is 3. The van der Waals surface area contributed by atoms with Gasteiger partial charge in [-0.25, -0.2) is 4.79 Å². The summed E-state index contributed by atoms with van der Waals surface area (Å²) in [5.74, 6) is -2.35. The summed E-state index contributed by atoms with van der Waals surface area (Å²) >= 11 is 0. The van der Waals surface area contributed by atoms with Crippen molar-refractivity contribution in [3.8, 4) is 11.1 Å². The molecule has 3 N–H and O–H groups in total. The van der Waals surface area contributed by atoms with E-state index in [0.29, 0.717) is 12.8 Å². The average molecular weight is 479 g/mol. The first kappa shape index (κ1) is 24.8. The van der Waals surface area contributed by atoms with Gasteiger partial charge >= 0.3 is 12.1 Å². The lowest BCUT2D eigenvalue weighted by Gasteiger charge is -2.27. The molecular weight excluding hydrogens is 444 g/mol. The Morgan fingerprint density at radius 2 is 1.57 bits per heavy atom. The van der Waals surface area contributed by atoms with Crippen LogP contribution in [0.4, 0.5) is 4.79 Å². The SMILES string of the molecule is CC(C)C(C(=O)O)C(C)NC(=O)[C@H]1CCC[C@H]1NC(=O)OCC1c2ccccc2-c2ccccc21. The van der Waals surface area contributed by atoms with E-state index in [-0.39, 0.29) is 30.4 Å². The van der Waals surface area contributed by atoms with E-state index in [1.807, 2.05) is 38.1 Å². The summed E-state index contributed by atoms with van der Waals surface area (Å²) in [5.41, 5.74) is 4.62. The first-order chi connectivity index (χ1) is 16.8. The van der Waals surface area contributed by atoms with Gasteiger partial charge in [0.05, 0.1) is 11.8 Å². The minimum absolute atomic E-state index is 0.0272. The monoisotopic (exact) mass is 478 g/mol. The van der Waals surface area contributed by atoms with Crippen molar-refractivity contribution in [2.24, 2.45) is 17.8 Å². The van der Waals surface area contributed by atoms with Gasteiger partial charge < -0.3 is 20.5 Å². The maximum absolute atomic E-state index is 12.9. The van der Waals surface area contributed by atoms with Crippen molar-refractivity contribution in [1.82, 2.24) is 10.6 Å². The van der Waals surface area contributed by atoms with Gasteiger partial charge in [-0.15, -0.1) is 0 Å². The zero-order chi connectivity index (χ0) is 25.1. The smallest absolute Gasteiger partial charge is 0.407 e. The molecule has 1 fully saturated rings. The van der Waals surface area contributed by atoms with E-state index in [4.69, 9.17) is 4.74 Å². The van der Waals surface area contributed by atoms with Gasteiger partial charge in [-0.2, -0.15) is 0 Å². The molecule has 4 rings (SSSR count). The zero-order valence-electron chi connectivity index (χ0n) is 20.5. The van der Waals surface area contributed by atoms with Crippen molar-refractivity contribution < 1.29 is 24.2 Å². The lowest BCUT2D eigenvalue weighted by atomic mass is 9.89. The Labute approximate surface area is 206 Å². The van der Waals surface area contributed by atoms with Gasteiger partial charge in [0.15, 0.2) is 0 Å². The minimum Gasteiger partial charge on any atom is -0.481 e. The topological polar surface area (TPSA) is 105 Å². The molecule has 2 aliphatic carbocycles. The highest BCUT2D eigenvalue weighted by Gasteiger charge is 2.37. The predicted molar refractivity (Wildman–Crippen MR) is 133 cm³/mol. The number of hydrogen-bond acceptors (Lipinski definition) is 4. The standard InChI is InChI=1S/C28H34N2O5/c1-16(2)25(27(32)33)17(3)29-26(31)22-13-8-14-24(22)30-28(34)35-15-23-20-11-6-4-9-18(20)19-10-5-7-12-21(19)23/h4-7,9-12,16-17,22-25H,8,13-15H2,1-3H3,(H,29,31)(H,30,34)(H,32,33)/t17?,22-,24+,25?/m0/s1. The van der Waals surface area contributed by atoms with E-state index in [2.05, 4.69) is 34.9 Å². The van der Waals surface area contributed by atoms with Crippen molar-refractivity contribution in [3.63, 3.8) is 0 Å². The van der Waals surface area contributed by atoms with E-state index in [9.17, 15) is 19.5 Å². The number of fused-ring (bicyclic) bond motifs is 3. The molecule has 4 atom stereocenters. The molecule has 0 aromatic heterocycles. The minimum atomic E-state index is -0.924. The highest BCUT2D eigenvalue weighted by Crippen LogP contribution is 2.44. The Morgan fingerprint density at radius 1 is 0.971 bits per heavy atom. The van der Waals surface area contributed by atoms with Crippen LogP contribution >= 0.6 is 0 Å². The molecule has 7 heteroatoms. The van der Waals surface area contributed by atoms with Crippen molar-refractivity contribution in [3.05, 3.63) is 59.7 Å². The molecule has 0 aliphatic heterocycles. The molecule has 0 bridgehead atoms. The number of carboxylic acids is 1. The highest BCUT2D eigenvalue weighted by molar-refractivity contribution is 5.82. The number of amides is 2. The molecule has 2 amide bonds. The fraction of sp³-hybridized carbons (Fsp3) is 0.464. The second-order valence-corrected chi connectivity index (χ2v) is 10.0. The molecule has 186 valence electrons. The number of ether oxygens (including phenoxy) is 1. The van der Waals surface area contributed by atoms with Crippen LogP contribution in [0.3, 0.4) is 0 Å². The molecule has 0 saturated heterocycles. The number of carboxylic acid groups (broad SMARTS) is 1. The Bertz CT molecular complexity index is 1050. The van der Waals surface area contributed by atoms with Crippen LogP contribution in [0.15, 0.2) is 48.5 Å². The summed E-state index contributed by atoms with van der Waals surface area (Å²) < 4.78 is 5.65. The quantitative estimate of drug-likeness (QED) is 0.516. The van der Waals surface area contributed by atoms with Gasteiger partial charge in [0.2, 0.25) is 5.91 Å². The van der Waals surface area contributed by atoms with Crippen molar-refractivity contribution in [2.75, 3.05) is 6.61 Å². The summed E-state index contributed by atoms with van der Waals surface area (Å²) in [5, 5.41) is 15.3. The van der Waals surface area contributed by atoms with Crippen LogP contribution in [-0.4, -0.2) is 41.8 Å². The summed E-state index contributed by atoms with van der Waals surface area (Å²) in [7, 11) is 0. The molecule has 35 heavy (non-hydrogen) atoms. The fourth-order valence-electron chi connectivity index (χ4n) is 5.74. The second kappa shape index (κ2) is 10.5. The average Bonchev–Trinajstić information content (AvgIpc) is 3.39. The maximum Gasteiger partial charge on any atom is 0.407 e. The zero-order valence-corrected chi connectivity index (χ0v) is 20.5. The third kappa shape index (κ3) is 5.19. The molecule has 0 heterocycles. The van der Waals surface area contributed by atoms with E-state index in [1.165, 1.54) is 11.1 Å². The van der Waals surface area contributed by atoms with Gasteiger partial charge in [-0.1, -0.05) is 68.8 Å². The van der Waals surface area contributed by atoms with Crippen LogP contribution in [0.25, 0.3) is 11.1 Å². The van der Waals surface area contributed by atoms with Crippen LogP contribution in [0.5, 0.6) is 0 Å². The molecule has 2 aromatic rings. The summed E-state index contributed by atoms with van der Waals surface area (Å²) in [4.78, 5) is 37.3. The number of benzene rings is 2. The van der Waals surface area contributed by atoms with Crippen molar-refractivity contribution >= 4 is 18.0 Å². The number of alkyl carbamates (subject to hydrolysis) is 1. The van der Waals surface area contributed by atoms with Gasteiger partial charge in [0.25, 0.3) is 0 Å². The lowest BCUT2D eigenvalue weighted by Crippen LogP contribution is -2.49. The summed E-state index contributed by atoms with van der Waals surface area (Å²) in [6, 6.07) is 15.5. The van der Waals surface area contributed by atoms with Crippen LogP contribution in [0.2, 0.25) is 0 Å². The van der Waals surface area contributed by atoms with Crippen LogP contribution in [0, 0.1) is 17.8 Å². The Morgan fingerprint density at radius 3 is 2.14 bits per heavy atom. The first-order valence-corrected chi connectivity index (χ1v) is 12.4. The lowest BCUT2D eigenvalue weighted by molar-refractivity contribution is -0.144. The maximum atomic E-state index is 12.9. The van der Waals surface area contributed by atoms with E-state index < -0.39 is 29.9 Å². The van der Waals surface area contributed by atoms with Crippen LogP contribution < -0.4 is 10.6 Å². The Balaban J connectivity index is 1.35. The van der Waals surface area contributed by atoms with Crippen LogP contribution in [0.1, 0.15) is 57.1 Å². The number of hydrogen-bond donors (Lipinski definition) is 3. The number of aliphatic carboxylic acids is 1. The van der Waals surface area contributed by atoms with Gasteiger partial charge in [0, 0.05) is 18.0 Å². The normalized spacial score (nSPS) is 20.6. The highest BCUT2D eigenvalue weighted by atomic mass is 16.5. The number of nitrogens with one attached hydrogen (secondary N) is 2. The molecule has 0 radical (unpaired) electrons. The number of carbonyl (C=O) groups excluding carboxylic acids is 2. The Kier molecular flexibility index (Phi) is 7.43. The van der Waals surface area contributed by atoms with E-state index >= 15 is 0 Å². The van der Waals surface area contributed by atoms with E-state index in [1.54, 1.807) is 6.92 Å². The molecule has 0 spiro atoms. The van der Waals surface area contributed by atoms with Gasteiger partial charge in [-0.3, -0.25) is 9.59 Å². The third-order valence-electron chi connectivity index (χ3n) is 7.41. The summed E-state index contributed by atoms with van der Waals surface area (Å²) in [6.45, 7) is 5.60. The third-order valence-corrected chi connectivity index (χ3v) is 7.41. The fourth-order valence-corrected chi connectivity index (χ4v) is 5.74. The molecule has 2 aliphatic rings. The molecule has 1 saturated carbocycles. The number of rotatable bonds is 8. The van der Waals surface area contributed by atoms with Crippen LogP contribution in [-0.2, 0) is 14.3 Å². The Hall–Kier alpha value is -3.35. The predicted octanol–water partition coefficient (Wildman–Crippen LogP) is 4.56. The second-order valence-electron chi connectivity index (χ2n) is 10.0. The van der Waals surface area contributed by atoms with Gasteiger partial charge in [-0.05, 0) is 47.9 Å². The molecule has 2 aromatic carbocycles. The summed E-state index contributed by atoms with van der Waals surface area (Å²) in [6.07, 6.45) is 1.61. The van der Waals surface area contributed by atoms with Gasteiger partial charge in [0.1, 0.15) is 6.61 Å². The van der Waals surface area contributed by atoms with E-state index in [0.717, 1.165) is 17.5 Å². The molecule has 2 unspecified atom stereocenters. The van der Waals surface area contributed by atoms with Crippen molar-refractivity contribution in [1.29, 1.82) is 0 Å². The molecule has 7 nitrogen and oxygen atoms in total. The molecular formula is C28H34N2O5. The van der Waals surface area contributed by atoms with Crippen molar-refractivity contribution in [2.45, 2.75) is 58.0 Å².